The summed E-state index contributed by atoms with van der Waals surface area (Å²) < 4.78 is 13.1. The first kappa shape index (κ1) is 17.5. The summed E-state index contributed by atoms with van der Waals surface area (Å²) in [7, 11) is 0. The molecule has 124 valence electrons. The third-order valence-electron chi connectivity index (χ3n) is 3.67. The fourth-order valence-electron chi connectivity index (χ4n) is 2.30. The van der Waals surface area contributed by atoms with Gasteiger partial charge in [-0.25, -0.2) is 9.37 Å². The van der Waals surface area contributed by atoms with Gasteiger partial charge in [0.25, 0.3) is 0 Å². The molecule has 2 aromatic carbocycles. The smallest absolute Gasteiger partial charge is 0.124 e. The summed E-state index contributed by atoms with van der Waals surface area (Å²) in [6.07, 6.45) is 1.70. The Hall–Kier alpha value is -1.36. The van der Waals surface area contributed by atoms with Crippen molar-refractivity contribution in [3.05, 3.63) is 80.5 Å². The van der Waals surface area contributed by atoms with Crippen molar-refractivity contribution in [2.75, 3.05) is 0 Å². The molecule has 0 amide bonds. The fourth-order valence-corrected chi connectivity index (χ4v) is 4.25. The summed E-state index contributed by atoms with van der Waals surface area (Å²) in [6.45, 7) is 2.16. The Balaban J connectivity index is 1.60. The van der Waals surface area contributed by atoms with E-state index < -0.39 is 0 Å². The zero-order chi connectivity index (χ0) is 16.9. The Labute approximate surface area is 154 Å². The minimum Gasteiger partial charge on any atom is -0.245 e. The predicted molar refractivity (Wildman–Crippen MR) is 102 cm³/mol. The molecule has 1 nitrogen and oxygen atoms in total. The molecular formula is C19H17ClFNS2. The van der Waals surface area contributed by atoms with Crippen molar-refractivity contribution in [2.45, 2.75) is 30.4 Å². The Morgan fingerprint density at radius 2 is 1.96 bits per heavy atom. The van der Waals surface area contributed by atoms with Crippen LogP contribution >= 0.6 is 34.7 Å². The number of halogens is 2. The second kappa shape index (κ2) is 8.15. The molecule has 0 unspecified atom stereocenters. The highest BCUT2D eigenvalue weighted by atomic mass is 35.5. The van der Waals surface area contributed by atoms with E-state index in [1.807, 2.05) is 0 Å². The number of hydrogen-bond acceptors (Lipinski definition) is 3. The summed E-state index contributed by atoms with van der Waals surface area (Å²) in [4.78, 5) is 5.92. The first-order valence-corrected chi connectivity index (χ1v) is 9.97. The SMILES string of the molecule is CCc1ccc(SCc2csc(Cc3ccc(F)cc3Cl)n2)cc1. The van der Waals surface area contributed by atoms with Crippen LogP contribution in [0.5, 0.6) is 0 Å². The van der Waals surface area contributed by atoms with Gasteiger partial charge in [-0.05, 0) is 41.8 Å². The zero-order valence-corrected chi connectivity index (χ0v) is 15.6. The largest absolute Gasteiger partial charge is 0.245 e. The normalized spacial score (nSPS) is 11.0. The lowest BCUT2D eigenvalue weighted by Gasteiger charge is -2.02. The minimum atomic E-state index is -0.311. The average Bonchev–Trinajstić information content (AvgIpc) is 3.03. The summed E-state index contributed by atoms with van der Waals surface area (Å²) >= 11 is 9.49. The quantitative estimate of drug-likeness (QED) is 0.462. The lowest BCUT2D eigenvalue weighted by Crippen LogP contribution is -1.91. The predicted octanol–water partition coefficient (Wildman–Crippen LogP) is 6.38. The van der Waals surface area contributed by atoms with Crippen LogP contribution in [0.4, 0.5) is 4.39 Å². The van der Waals surface area contributed by atoms with Gasteiger partial charge in [0.2, 0.25) is 0 Å². The number of thioether (sulfide) groups is 1. The molecule has 24 heavy (non-hydrogen) atoms. The molecule has 0 radical (unpaired) electrons. The van der Waals surface area contributed by atoms with Gasteiger partial charge >= 0.3 is 0 Å². The molecule has 0 fully saturated rings. The molecule has 0 N–H and O–H groups in total. The number of aromatic nitrogens is 1. The van der Waals surface area contributed by atoms with Crippen LogP contribution in [-0.4, -0.2) is 4.98 Å². The highest BCUT2D eigenvalue weighted by Crippen LogP contribution is 2.26. The standard InChI is InChI=1S/C19H17ClFNS2/c1-2-13-3-7-17(8-4-13)23-11-16-12-24-19(22-16)9-14-5-6-15(21)10-18(14)20/h3-8,10,12H,2,9,11H2,1H3. The van der Waals surface area contributed by atoms with Crippen LogP contribution in [-0.2, 0) is 18.6 Å². The Morgan fingerprint density at radius 1 is 1.17 bits per heavy atom. The molecule has 3 rings (SSSR count). The van der Waals surface area contributed by atoms with Gasteiger partial charge in [-0.15, -0.1) is 23.1 Å². The van der Waals surface area contributed by atoms with E-state index in [9.17, 15) is 4.39 Å². The van der Waals surface area contributed by atoms with Gasteiger partial charge in [0.1, 0.15) is 5.82 Å². The fraction of sp³-hybridized carbons (Fsp3) is 0.211. The van der Waals surface area contributed by atoms with Crippen molar-refractivity contribution < 1.29 is 4.39 Å². The topological polar surface area (TPSA) is 12.9 Å². The van der Waals surface area contributed by atoms with Crippen molar-refractivity contribution >= 4 is 34.7 Å². The lowest BCUT2D eigenvalue weighted by molar-refractivity contribution is 0.627. The van der Waals surface area contributed by atoms with Crippen LogP contribution in [0.15, 0.2) is 52.7 Å². The molecule has 1 aromatic heterocycles. The number of rotatable bonds is 6. The minimum absolute atomic E-state index is 0.311. The Kier molecular flexibility index (Phi) is 5.93. The maximum Gasteiger partial charge on any atom is 0.124 e. The maximum absolute atomic E-state index is 13.1. The van der Waals surface area contributed by atoms with E-state index in [0.29, 0.717) is 11.4 Å². The molecule has 3 aromatic rings. The van der Waals surface area contributed by atoms with Crippen LogP contribution in [0, 0.1) is 5.82 Å². The van der Waals surface area contributed by atoms with Gasteiger partial charge in [-0.2, -0.15) is 0 Å². The van der Waals surface area contributed by atoms with Gasteiger partial charge in [0.05, 0.1) is 10.7 Å². The van der Waals surface area contributed by atoms with Gasteiger partial charge in [0.15, 0.2) is 0 Å². The van der Waals surface area contributed by atoms with Crippen LogP contribution in [0.1, 0.15) is 28.8 Å². The maximum atomic E-state index is 13.1. The second-order valence-electron chi connectivity index (χ2n) is 5.43. The average molecular weight is 378 g/mol. The van der Waals surface area contributed by atoms with Crippen LogP contribution in [0.25, 0.3) is 0 Å². The molecule has 1 heterocycles. The second-order valence-corrected chi connectivity index (χ2v) is 7.83. The first-order valence-electron chi connectivity index (χ1n) is 7.73. The van der Waals surface area contributed by atoms with Crippen molar-refractivity contribution in [3.8, 4) is 0 Å². The third-order valence-corrected chi connectivity index (χ3v) is 5.97. The molecule has 0 aliphatic rings. The molecule has 0 aliphatic carbocycles. The van der Waals surface area contributed by atoms with Crippen molar-refractivity contribution in [1.29, 1.82) is 0 Å². The van der Waals surface area contributed by atoms with Crippen LogP contribution in [0.2, 0.25) is 5.02 Å². The van der Waals surface area contributed by atoms with E-state index in [-0.39, 0.29) is 5.82 Å². The molecule has 0 saturated carbocycles. The monoisotopic (exact) mass is 377 g/mol. The van der Waals surface area contributed by atoms with E-state index in [2.05, 4.69) is 41.6 Å². The third kappa shape index (κ3) is 4.59. The Morgan fingerprint density at radius 3 is 2.67 bits per heavy atom. The molecule has 5 heteroatoms. The van der Waals surface area contributed by atoms with E-state index in [4.69, 9.17) is 11.6 Å². The van der Waals surface area contributed by atoms with E-state index in [1.54, 1.807) is 29.2 Å². The van der Waals surface area contributed by atoms with Gasteiger partial charge in [-0.3, -0.25) is 0 Å². The van der Waals surface area contributed by atoms with Crippen molar-refractivity contribution in [2.24, 2.45) is 0 Å². The van der Waals surface area contributed by atoms with Crippen molar-refractivity contribution in [1.82, 2.24) is 4.98 Å². The summed E-state index contributed by atoms with van der Waals surface area (Å²) in [6, 6.07) is 13.2. The summed E-state index contributed by atoms with van der Waals surface area (Å²) in [5, 5.41) is 3.54. The van der Waals surface area contributed by atoms with Gasteiger partial charge < -0.3 is 0 Å². The number of nitrogens with zero attached hydrogens (tertiary/aromatic N) is 1. The Bertz CT molecular complexity index is 814. The van der Waals surface area contributed by atoms with E-state index in [1.165, 1.54) is 22.6 Å². The van der Waals surface area contributed by atoms with E-state index >= 15 is 0 Å². The molecule has 0 atom stereocenters. The molecular weight excluding hydrogens is 361 g/mol. The van der Waals surface area contributed by atoms with Crippen molar-refractivity contribution in [3.63, 3.8) is 0 Å². The molecule has 0 aliphatic heterocycles. The number of benzene rings is 2. The molecule has 0 saturated heterocycles. The lowest BCUT2D eigenvalue weighted by atomic mass is 10.1. The number of aryl methyl sites for hydroxylation is 1. The number of hydrogen-bond donors (Lipinski definition) is 0. The highest BCUT2D eigenvalue weighted by Gasteiger charge is 2.08. The zero-order valence-electron chi connectivity index (χ0n) is 13.3. The van der Waals surface area contributed by atoms with Gasteiger partial charge in [-0.1, -0.05) is 36.7 Å². The molecule has 0 bridgehead atoms. The first-order chi connectivity index (χ1) is 11.6. The molecule has 0 spiro atoms. The summed E-state index contributed by atoms with van der Waals surface area (Å²) in [5.41, 5.74) is 3.33. The summed E-state index contributed by atoms with van der Waals surface area (Å²) in [5.74, 6) is 0.535. The van der Waals surface area contributed by atoms with Gasteiger partial charge in [0, 0.05) is 27.5 Å². The van der Waals surface area contributed by atoms with Crippen LogP contribution in [0.3, 0.4) is 0 Å². The number of thiazole rings is 1. The highest BCUT2D eigenvalue weighted by molar-refractivity contribution is 7.98. The van der Waals surface area contributed by atoms with Crippen LogP contribution < -0.4 is 0 Å². The van der Waals surface area contributed by atoms with E-state index in [0.717, 1.165) is 28.4 Å².